The number of nitrogens with zero attached hydrogens (tertiary/aromatic N) is 2. The van der Waals surface area contributed by atoms with E-state index in [1.165, 1.54) is 23.1 Å². The first kappa shape index (κ1) is 26.4. The predicted molar refractivity (Wildman–Crippen MR) is 131 cm³/mol. The van der Waals surface area contributed by atoms with Crippen LogP contribution in [0, 0.1) is 0 Å². The molecule has 0 aliphatic carbocycles. The summed E-state index contributed by atoms with van der Waals surface area (Å²) in [6.07, 6.45) is 0.987. The van der Waals surface area contributed by atoms with Gasteiger partial charge in [0.15, 0.2) is 0 Å². The number of carbonyl (C=O) groups is 2. The molecule has 0 aliphatic heterocycles. The molecule has 0 fully saturated rings. The maximum absolute atomic E-state index is 13.3. The lowest BCUT2D eigenvalue weighted by Gasteiger charge is -2.31. The van der Waals surface area contributed by atoms with E-state index in [0.29, 0.717) is 6.54 Å². The number of anilines is 1. The van der Waals surface area contributed by atoms with E-state index in [2.05, 4.69) is 21.2 Å². The van der Waals surface area contributed by atoms with Gasteiger partial charge in [-0.05, 0) is 49.7 Å². The molecule has 1 atom stereocenters. The Morgan fingerprint density at radius 2 is 1.66 bits per heavy atom. The molecule has 2 aromatic rings. The molecule has 2 aromatic carbocycles. The second-order valence-corrected chi connectivity index (χ2v) is 10.8. The molecule has 0 spiro atoms. The number of nitrogens with one attached hydrogen (secondary N) is 1. The highest BCUT2D eigenvalue weighted by Gasteiger charge is 2.30. The van der Waals surface area contributed by atoms with Gasteiger partial charge in [0.25, 0.3) is 0 Å². The van der Waals surface area contributed by atoms with Crippen molar-refractivity contribution in [3.8, 4) is 0 Å². The molecule has 0 bridgehead atoms. The Morgan fingerprint density at radius 1 is 1.09 bits per heavy atom. The fourth-order valence-electron chi connectivity index (χ4n) is 2.99. The van der Waals surface area contributed by atoms with E-state index in [4.69, 9.17) is 23.2 Å². The third-order valence-corrected chi connectivity index (χ3v) is 6.70. The molecule has 11 heteroatoms. The molecule has 0 unspecified atom stereocenters. The minimum Gasteiger partial charge on any atom is -0.355 e. The number of carbonyl (C=O) groups excluding carboxylic acids is 2. The highest BCUT2D eigenvalue weighted by molar-refractivity contribution is 9.10. The Morgan fingerprint density at radius 3 is 2.16 bits per heavy atom. The molecule has 7 nitrogen and oxygen atoms in total. The van der Waals surface area contributed by atoms with Crippen LogP contribution in [0.4, 0.5) is 5.69 Å². The summed E-state index contributed by atoms with van der Waals surface area (Å²) >= 11 is 15.4. The first-order chi connectivity index (χ1) is 14.9. The van der Waals surface area contributed by atoms with Gasteiger partial charge >= 0.3 is 0 Å². The highest BCUT2D eigenvalue weighted by atomic mass is 79.9. The maximum Gasteiger partial charge on any atom is 0.244 e. The third-order valence-electron chi connectivity index (χ3n) is 4.60. The van der Waals surface area contributed by atoms with Crippen LogP contribution in [0.15, 0.2) is 46.9 Å². The Labute approximate surface area is 206 Å². The summed E-state index contributed by atoms with van der Waals surface area (Å²) in [5.41, 5.74) is 0.946. The second-order valence-electron chi connectivity index (χ2n) is 7.12. The standard InChI is InChI=1S/C21H24BrCl2N3O4S/c1-4-25-21(29)14(2)26(12-15-5-7-16(22)8-6-15)20(28)13-27(32(3,30)31)19-10-17(23)9-18(24)11-19/h5-11,14H,4,12-13H2,1-3H3,(H,25,29)/t14-/m1/s1. The number of sulfonamides is 1. The summed E-state index contributed by atoms with van der Waals surface area (Å²) < 4.78 is 26.8. The fourth-order valence-corrected chi connectivity index (χ4v) is 4.60. The van der Waals surface area contributed by atoms with Crippen LogP contribution in [0.5, 0.6) is 0 Å². The van der Waals surface area contributed by atoms with Crippen LogP contribution in [-0.2, 0) is 26.2 Å². The van der Waals surface area contributed by atoms with Crippen LogP contribution in [-0.4, -0.2) is 50.5 Å². The maximum atomic E-state index is 13.3. The van der Waals surface area contributed by atoms with Crippen molar-refractivity contribution in [2.45, 2.75) is 26.4 Å². The quantitative estimate of drug-likeness (QED) is 0.497. The first-order valence-corrected chi connectivity index (χ1v) is 13.1. The van der Waals surface area contributed by atoms with Crippen molar-refractivity contribution >= 4 is 66.7 Å². The monoisotopic (exact) mass is 563 g/mol. The van der Waals surface area contributed by atoms with Crippen LogP contribution in [0.3, 0.4) is 0 Å². The number of hydrogen-bond donors (Lipinski definition) is 1. The van der Waals surface area contributed by atoms with E-state index in [1.807, 2.05) is 24.3 Å². The number of benzene rings is 2. The summed E-state index contributed by atoms with van der Waals surface area (Å²) in [6, 6.07) is 10.8. The van der Waals surface area contributed by atoms with Gasteiger partial charge in [0.05, 0.1) is 11.9 Å². The zero-order chi connectivity index (χ0) is 24.1. The van der Waals surface area contributed by atoms with Crippen LogP contribution in [0.25, 0.3) is 0 Å². The smallest absolute Gasteiger partial charge is 0.244 e. The van der Waals surface area contributed by atoms with Gasteiger partial charge < -0.3 is 10.2 Å². The van der Waals surface area contributed by atoms with Gasteiger partial charge in [-0.25, -0.2) is 8.42 Å². The molecule has 0 heterocycles. The van der Waals surface area contributed by atoms with E-state index >= 15 is 0 Å². The van der Waals surface area contributed by atoms with Gasteiger partial charge in [0.1, 0.15) is 12.6 Å². The Balaban J connectivity index is 2.40. The Bertz CT molecular complexity index is 1060. The van der Waals surface area contributed by atoms with Gasteiger partial charge in [-0.2, -0.15) is 0 Å². The fraction of sp³-hybridized carbons (Fsp3) is 0.333. The van der Waals surface area contributed by atoms with Crippen molar-refractivity contribution in [2.24, 2.45) is 0 Å². The molecule has 174 valence electrons. The molecule has 0 radical (unpaired) electrons. The zero-order valence-corrected chi connectivity index (χ0v) is 21.7. The van der Waals surface area contributed by atoms with E-state index in [1.54, 1.807) is 13.8 Å². The molecule has 2 rings (SSSR count). The third kappa shape index (κ3) is 7.37. The Hall–Kier alpha value is -1.81. The molecular weight excluding hydrogens is 541 g/mol. The zero-order valence-electron chi connectivity index (χ0n) is 17.8. The predicted octanol–water partition coefficient (Wildman–Crippen LogP) is 4.08. The minimum atomic E-state index is -3.85. The van der Waals surface area contributed by atoms with Crippen molar-refractivity contribution in [2.75, 3.05) is 23.7 Å². The summed E-state index contributed by atoms with van der Waals surface area (Å²) in [5, 5.41) is 3.16. The topological polar surface area (TPSA) is 86.8 Å². The average Bonchev–Trinajstić information content (AvgIpc) is 2.69. The van der Waals surface area contributed by atoms with E-state index in [-0.39, 0.29) is 28.2 Å². The summed E-state index contributed by atoms with van der Waals surface area (Å²) in [4.78, 5) is 27.2. The van der Waals surface area contributed by atoms with Crippen molar-refractivity contribution in [1.82, 2.24) is 10.2 Å². The van der Waals surface area contributed by atoms with Crippen LogP contribution < -0.4 is 9.62 Å². The van der Waals surface area contributed by atoms with Gasteiger partial charge in [0.2, 0.25) is 21.8 Å². The number of hydrogen-bond acceptors (Lipinski definition) is 4. The molecule has 0 saturated heterocycles. The van der Waals surface area contributed by atoms with E-state index in [0.717, 1.165) is 20.6 Å². The van der Waals surface area contributed by atoms with Crippen LogP contribution in [0.2, 0.25) is 10.0 Å². The summed E-state index contributed by atoms with van der Waals surface area (Å²) in [7, 11) is -3.85. The van der Waals surface area contributed by atoms with E-state index < -0.39 is 28.5 Å². The van der Waals surface area contributed by atoms with Gasteiger partial charge in [0, 0.05) is 27.6 Å². The lowest BCUT2D eigenvalue weighted by atomic mass is 10.1. The molecule has 1 N–H and O–H groups in total. The second kappa shape index (κ2) is 11.4. The van der Waals surface area contributed by atoms with E-state index in [9.17, 15) is 18.0 Å². The molecule has 2 amide bonds. The summed E-state index contributed by atoms with van der Waals surface area (Å²) in [6.45, 7) is 3.39. The van der Waals surface area contributed by atoms with Crippen LogP contribution >= 0.6 is 39.1 Å². The first-order valence-electron chi connectivity index (χ1n) is 9.67. The van der Waals surface area contributed by atoms with Gasteiger partial charge in [-0.3, -0.25) is 13.9 Å². The normalized spacial score (nSPS) is 12.2. The van der Waals surface area contributed by atoms with Crippen molar-refractivity contribution < 1.29 is 18.0 Å². The number of rotatable bonds is 9. The van der Waals surface area contributed by atoms with Crippen LogP contribution in [0.1, 0.15) is 19.4 Å². The lowest BCUT2D eigenvalue weighted by molar-refractivity contribution is -0.139. The number of likely N-dealkylation sites (N-methyl/N-ethyl adjacent to an activating group) is 1. The number of halogens is 3. The summed E-state index contributed by atoms with van der Waals surface area (Å²) in [5.74, 6) is -0.886. The molecule has 32 heavy (non-hydrogen) atoms. The minimum absolute atomic E-state index is 0.123. The highest BCUT2D eigenvalue weighted by Crippen LogP contribution is 2.27. The Kier molecular flexibility index (Phi) is 9.39. The largest absolute Gasteiger partial charge is 0.355 e. The van der Waals surface area contributed by atoms with Crippen molar-refractivity contribution in [1.29, 1.82) is 0 Å². The molecule has 0 aromatic heterocycles. The SMILES string of the molecule is CCNC(=O)[C@@H](C)N(Cc1ccc(Br)cc1)C(=O)CN(c1cc(Cl)cc(Cl)c1)S(C)(=O)=O. The number of amides is 2. The van der Waals surface area contributed by atoms with Gasteiger partial charge in [-0.1, -0.05) is 51.3 Å². The average molecular weight is 565 g/mol. The van der Waals surface area contributed by atoms with Gasteiger partial charge in [-0.15, -0.1) is 0 Å². The van der Waals surface area contributed by atoms with Crippen molar-refractivity contribution in [3.63, 3.8) is 0 Å². The lowest BCUT2D eigenvalue weighted by Crippen LogP contribution is -2.51. The molecular formula is C21H24BrCl2N3O4S. The molecule has 0 aliphatic rings. The molecule has 0 saturated carbocycles. The van der Waals surface area contributed by atoms with Crippen molar-refractivity contribution in [3.05, 3.63) is 62.5 Å².